The first-order valence-corrected chi connectivity index (χ1v) is 8.98. The molecule has 1 aromatic carbocycles. The normalized spacial score (nSPS) is 13.1. The molecular weight excluding hydrogens is 360 g/mol. The summed E-state index contributed by atoms with van der Waals surface area (Å²) in [6, 6.07) is 7.86. The highest BCUT2D eigenvalue weighted by atomic mass is 16.2. The molecule has 0 fully saturated rings. The van der Waals surface area contributed by atoms with Crippen LogP contribution in [-0.2, 0) is 37.4 Å². The zero-order chi connectivity index (χ0) is 20.3. The van der Waals surface area contributed by atoms with Crippen molar-refractivity contribution in [1.29, 1.82) is 0 Å². The molecule has 0 radical (unpaired) electrons. The largest absolute Gasteiger partial charge is 0.337 e. The number of allylic oxidation sites excluding steroid dienone is 2. The highest BCUT2D eigenvalue weighted by molar-refractivity contribution is 5.76. The number of rotatable bonds is 6. The fourth-order valence-electron chi connectivity index (χ4n) is 3.33. The van der Waals surface area contributed by atoms with Crippen molar-refractivity contribution >= 4 is 5.91 Å². The summed E-state index contributed by atoms with van der Waals surface area (Å²) in [5, 5.41) is 0. The Bertz CT molecular complexity index is 1060. The van der Waals surface area contributed by atoms with Gasteiger partial charge >= 0.3 is 17.1 Å². The number of hydrogen-bond donors (Lipinski definition) is 0. The Morgan fingerprint density at radius 3 is 2.00 bits per heavy atom. The minimum absolute atomic E-state index is 0.0552. The van der Waals surface area contributed by atoms with E-state index in [2.05, 4.69) is 13.2 Å². The fraction of sp³-hybridized carbons (Fsp3) is 0.300. The maximum absolute atomic E-state index is 12.8. The van der Waals surface area contributed by atoms with Crippen molar-refractivity contribution in [1.82, 2.24) is 18.6 Å². The monoisotopic (exact) mass is 382 g/mol. The summed E-state index contributed by atoms with van der Waals surface area (Å²) in [7, 11) is 0. The van der Waals surface area contributed by atoms with Crippen LogP contribution in [0.2, 0.25) is 0 Å². The number of aromatic nitrogens is 3. The molecule has 2 aromatic rings. The van der Waals surface area contributed by atoms with Crippen LogP contribution in [0.1, 0.15) is 11.1 Å². The van der Waals surface area contributed by atoms with Crippen LogP contribution in [0.4, 0.5) is 0 Å². The summed E-state index contributed by atoms with van der Waals surface area (Å²) in [5.74, 6) is -0.345. The molecular formula is C20H22N4O4. The lowest BCUT2D eigenvalue weighted by Crippen LogP contribution is -2.55. The number of fused-ring (bicyclic) bond motifs is 1. The van der Waals surface area contributed by atoms with E-state index < -0.39 is 23.6 Å². The van der Waals surface area contributed by atoms with Gasteiger partial charge < -0.3 is 4.90 Å². The molecule has 8 nitrogen and oxygen atoms in total. The van der Waals surface area contributed by atoms with E-state index in [-0.39, 0.29) is 19.0 Å². The van der Waals surface area contributed by atoms with Crippen LogP contribution in [0.15, 0.2) is 64.0 Å². The van der Waals surface area contributed by atoms with E-state index in [4.69, 9.17) is 0 Å². The number of hydrogen-bond acceptors (Lipinski definition) is 4. The van der Waals surface area contributed by atoms with Crippen LogP contribution in [-0.4, -0.2) is 31.1 Å². The molecule has 2 heterocycles. The molecule has 1 aliphatic heterocycles. The predicted molar refractivity (Wildman–Crippen MR) is 105 cm³/mol. The quantitative estimate of drug-likeness (QED) is 0.665. The first-order valence-electron chi connectivity index (χ1n) is 8.98. The van der Waals surface area contributed by atoms with E-state index >= 15 is 0 Å². The first kappa shape index (κ1) is 19.3. The summed E-state index contributed by atoms with van der Waals surface area (Å²) in [6.07, 6.45) is 3.49. The van der Waals surface area contributed by atoms with Gasteiger partial charge in [0.15, 0.2) is 0 Å². The maximum Gasteiger partial charge on any atom is 0.337 e. The Kier molecular flexibility index (Phi) is 5.58. The van der Waals surface area contributed by atoms with Gasteiger partial charge in [-0.05, 0) is 17.5 Å². The smallest absolute Gasteiger partial charge is 0.336 e. The SMILES string of the molecule is C=CCn1c(=O)n(CC=C)c(=O)n(CC(=O)N2CCc3ccccc3C2)c1=O. The van der Waals surface area contributed by atoms with Gasteiger partial charge in [-0.2, -0.15) is 0 Å². The van der Waals surface area contributed by atoms with E-state index in [1.807, 2.05) is 24.3 Å². The molecule has 28 heavy (non-hydrogen) atoms. The van der Waals surface area contributed by atoms with Crippen molar-refractivity contribution < 1.29 is 4.79 Å². The molecule has 0 bridgehead atoms. The topological polar surface area (TPSA) is 86.3 Å². The van der Waals surface area contributed by atoms with Gasteiger partial charge in [-0.1, -0.05) is 36.4 Å². The predicted octanol–water partition coefficient (Wildman–Crippen LogP) is 0.129. The van der Waals surface area contributed by atoms with Crippen LogP contribution in [0.25, 0.3) is 0 Å². The van der Waals surface area contributed by atoms with Crippen LogP contribution < -0.4 is 17.1 Å². The molecule has 0 aliphatic carbocycles. The van der Waals surface area contributed by atoms with E-state index in [0.717, 1.165) is 19.3 Å². The number of benzene rings is 1. The van der Waals surface area contributed by atoms with Crippen LogP contribution >= 0.6 is 0 Å². The minimum Gasteiger partial charge on any atom is -0.336 e. The molecule has 1 aromatic heterocycles. The van der Waals surface area contributed by atoms with Gasteiger partial charge in [0.25, 0.3) is 0 Å². The average Bonchev–Trinajstić information content (AvgIpc) is 2.71. The minimum atomic E-state index is -0.819. The lowest BCUT2D eigenvalue weighted by Gasteiger charge is -2.29. The highest BCUT2D eigenvalue weighted by Gasteiger charge is 2.23. The third kappa shape index (κ3) is 3.53. The van der Waals surface area contributed by atoms with Gasteiger partial charge in [0, 0.05) is 13.1 Å². The van der Waals surface area contributed by atoms with Gasteiger partial charge in [0.2, 0.25) is 5.91 Å². The maximum atomic E-state index is 12.8. The van der Waals surface area contributed by atoms with Crippen molar-refractivity contribution in [2.24, 2.45) is 0 Å². The van der Waals surface area contributed by atoms with Crippen molar-refractivity contribution in [3.63, 3.8) is 0 Å². The zero-order valence-corrected chi connectivity index (χ0v) is 15.5. The molecule has 0 saturated carbocycles. The van der Waals surface area contributed by atoms with Crippen LogP contribution in [0.5, 0.6) is 0 Å². The molecule has 0 N–H and O–H groups in total. The van der Waals surface area contributed by atoms with Gasteiger partial charge in [0.1, 0.15) is 6.54 Å². The van der Waals surface area contributed by atoms with E-state index in [0.29, 0.717) is 19.5 Å². The number of carbonyl (C=O) groups is 1. The molecule has 3 rings (SSSR count). The van der Waals surface area contributed by atoms with E-state index in [9.17, 15) is 19.2 Å². The molecule has 0 atom stereocenters. The van der Waals surface area contributed by atoms with Crippen molar-refractivity contribution in [2.75, 3.05) is 6.54 Å². The van der Waals surface area contributed by atoms with Crippen LogP contribution in [0.3, 0.4) is 0 Å². The molecule has 0 saturated heterocycles. The van der Waals surface area contributed by atoms with Gasteiger partial charge in [-0.3, -0.25) is 4.79 Å². The second-order valence-electron chi connectivity index (χ2n) is 6.57. The fourth-order valence-corrected chi connectivity index (χ4v) is 3.33. The van der Waals surface area contributed by atoms with Crippen molar-refractivity contribution in [2.45, 2.75) is 32.6 Å². The Hall–Kier alpha value is -3.42. The van der Waals surface area contributed by atoms with E-state index in [1.165, 1.54) is 17.7 Å². The van der Waals surface area contributed by atoms with Crippen molar-refractivity contribution in [3.05, 3.63) is 92.2 Å². The molecule has 146 valence electrons. The standard InChI is InChI=1S/C20H22N4O4/c1-3-10-22-18(26)23(11-4-2)20(28)24(19(22)27)14-17(25)21-12-9-15-7-5-6-8-16(15)13-21/h3-8H,1-2,9-14H2. The van der Waals surface area contributed by atoms with Gasteiger partial charge in [-0.25, -0.2) is 28.1 Å². The molecule has 8 heteroatoms. The molecule has 1 aliphatic rings. The summed E-state index contributed by atoms with van der Waals surface area (Å²) in [4.78, 5) is 52.1. The summed E-state index contributed by atoms with van der Waals surface area (Å²) in [6.45, 7) is 7.47. The second kappa shape index (κ2) is 8.08. The number of amides is 1. The Balaban J connectivity index is 1.96. The first-order chi connectivity index (χ1) is 13.5. The third-order valence-electron chi connectivity index (χ3n) is 4.79. The second-order valence-corrected chi connectivity index (χ2v) is 6.57. The third-order valence-corrected chi connectivity index (χ3v) is 4.79. The Labute approximate surface area is 161 Å². The Morgan fingerprint density at radius 1 is 0.893 bits per heavy atom. The zero-order valence-electron chi connectivity index (χ0n) is 15.5. The van der Waals surface area contributed by atoms with Gasteiger partial charge in [-0.15, -0.1) is 13.2 Å². The van der Waals surface area contributed by atoms with Gasteiger partial charge in [0.05, 0.1) is 13.1 Å². The number of carbonyl (C=O) groups excluding carboxylic acids is 1. The summed E-state index contributed by atoms with van der Waals surface area (Å²) in [5.41, 5.74) is -0.140. The Morgan fingerprint density at radius 2 is 1.43 bits per heavy atom. The summed E-state index contributed by atoms with van der Waals surface area (Å²) >= 11 is 0. The lowest BCUT2D eigenvalue weighted by atomic mass is 10.00. The molecule has 0 unspecified atom stereocenters. The summed E-state index contributed by atoms with van der Waals surface area (Å²) < 4.78 is 2.57. The average molecular weight is 382 g/mol. The molecule has 0 spiro atoms. The molecule has 1 amide bonds. The highest BCUT2D eigenvalue weighted by Crippen LogP contribution is 2.18. The lowest BCUT2D eigenvalue weighted by molar-refractivity contribution is -0.132. The van der Waals surface area contributed by atoms with E-state index in [1.54, 1.807) is 4.90 Å². The number of nitrogens with zero attached hydrogens (tertiary/aromatic N) is 4. The van der Waals surface area contributed by atoms with Crippen LogP contribution in [0, 0.1) is 0 Å². The van der Waals surface area contributed by atoms with Crippen molar-refractivity contribution in [3.8, 4) is 0 Å².